The normalized spacial score (nSPS) is 11.3. The van der Waals surface area contributed by atoms with Crippen LogP contribution < -0.4 is 5.69 Å². The van der Waals surface area contributed by atoms with E-state index in [-0.39, 0.29) is 12.3 Å². The molecule has 0 fully saturated rings. The van der Waals surface area contributed by atoms with E-state index in [0.717, 1.165) is 26.9 Å². The maximum atomic E-state index is 12.9. The van der Waals surface area contributed by atoms with Gasteiger partial charge in [0.25, 0.3) is 5.91 Å². The first kappa shape index (κ1) is 22.1. The number of tetrazole rings is 1. The molecule has 2 aromatic heterocycles. The van der Waals surface area contributed by atoms with Crippen molar-refractivity contribution in [2.45, 2.75) is 39.7 Å². The molecule has 0 saturated carbocycles. The molecule has 2 heterocycles. The van der Waals surface area contributed by atoms with Crippen molar-refractivity contribution in [1.29, 1.82) is 0 Å². The van der Waals surface area contributed by atoms with Gasteiger partial charge in [0.05, 0.1) is 6.54 Å². The lowest BCUT2D eigenvalue weighted by atomic mass is 10.0. The minimum absolute atomic E-state index is 0.278. The number of hydrogen-bond donors (Lipinski definition) is 1. The molecule has 0 aliphatic carbocycles. The lowest BCUT2D eigenvalue weighted by Gasteiger charge is -2.07. The molecule has 0 saturated heterocycles. The molecule has 0 atom stereocenters. The van der Waals surface area contributed by atoms with Gasteiger partial charge >= 0.3 is 5.69 Å². The number of nitrogens with zero attached hydrogens (tertiary/aromatic N) is 6. The third kappa shape index (κ3) is 4.87. The Morgan fingerprint density at radius 3 is 2.58 bits per heavy atom. The van der Waals surface area contributed by atoms with Crippen molar-refractivity contribution in [2.75, 3.05) is 0 Å². The summed E-state index contributed by atoms with van der Waals surface area (Å²) in [6, 6.07) is 15.9. The van der Waals surface area contributed by atoms with Gasteiger partial charge in [0.2, 0.25) is 0 Å². The van der Waals surface area contributed by atoms with E-state index in [2.05, 4.69) is 25.7 Å². The molecule has 9 nitrogen and oxygen atoms in total. The van der Waals surface area contributed by atoms with E-state index in [4.69, 9.17) is 0 Å². The van der Waals surface area contributed by atoms with Gasteiger partial charge in [0, 0.05) is 18.4 Å². The van der Waals surface area contributed by atoms with Gasteiger partial charge in [-0.1, -0.05) is 61.5 Å². The Labute approximate surface area is 190 Å². The molecular weight excluding hydrogens is 418 g/mol. The van der Waals surface area contributed by atoms with Gasteiger partial charge in [-0.05, 0) is 46.5 Å². The first-order chi connectivity index (χ1) is 16.1. The highest BCUT2D eigenvalue weighted by molar-refractivity contribution is 5.77. The molecule has 0 aliphatic rings. The van der Waals surface area contributed by atoms with E-state index in [9.17, 15) is 9.59 Å². The van der Waals surface area contributed by atoms with Crippen LogP contribution in [-0.4, -0.2) is 40.9 Å². The number of hydrogen-bond acceptors (Lipinski definition) is 6. The Morgan fingerprint density at radius 2 is 1.88 bits per heavy atom. The lowest BCUT2D eigenvalue weighted by Crippen LogP contribution is -2.30. The van der Waals surface area contributed by atoms with E-state index >= 15 is 0 Å². The number of aromatic amines is 1. The van der Waals surface area contributed by atoms with Crippen molar-refractivity contribution >= 4 is 5.91 Å². The molecule has 0 unspecified atom stereocenters. The Bertz CT molecular complexity index is 1320. The molecule has 2 aromatic carbocycles. The van der Waals surface area contributed by atoms with Crippen LogP contribution in [0.4, 0.5) is 0 Å². The fraction of sp³-hybridized carbons (Fsp3) is 0.250. The maximum absolute atomic E-state index is 12.9. The van der Waals surface area contributed by atoms with Crippen LogP contribution in [0.15, 0.2) is 65.5 Å². The summed E-state index contributed by atoms with van der Waals surface area (Å²) in [6.07, 6.45) is 5.27. The van der Waals surface area contributed by atoms with E-state index in [0.29, 0.717) is 31.0 Å². The van der Waals surface area contributed by atoms with Gasteiger partial charge in [-0.3, -0.25) is 9.36 Å². The minimum atomic E-state index is -0.398. The topological polar surface area (TPSA) is 111 Å². The zero-order chi connectivity index (χ0) is 23.2. The van der Waals surface area contributed by atoms with Crippen LogP contribution >= 0.6 is 0 Å². The fourth-order valence-electron chi connectivity index (χ4n) is 3.56. The molecule has 0 spiro atoms. The van der Waals surface area contributed by atoms with Crippen molar-refractivity contribution in [3.63, 3.8) is 0 Å². The monoisotopic (exact) mass is 443 g/mol. The number of H-pyrrole nitrogens is 1. The summed E-state index contributed by atoms with van der Waals surface area (Å²) < 4.78 is 2.57. The summed E-state index contributed by atoms with van der Waals surface area (Å²) in [6.45, 7) is 4.16. The van der Waals surface area contributed by atoms with Gasteiger partial charge in [0.15, 0.2) is 5.82 Å². The Balaban J connectivity index is 1.60. The molecule has 0 amide bonds. The van der Waals surface area contributed by atoms with Crippen LogP contribution in [0.3, 0.4) is 0 Å². The van der Waals surface area contributed by atoms with Crippen LogP contribution in [0.5, 0.6) is 0 Å². The molecule has 0 bridgehead atoms. The number of rotatable bonds is 8. The number of allylic oxidation sites excluding steroid dienone is 2. The van der Waals surface area contributed by atoms with E-state index in [1.807, 2.05) is 74.5 Å². The third-order valence-corrected chi connectivity index (χ3v) is 5.28. The smallest absolute Gasteiger partial charge is 0.274 e. The second kappa shape index (κ2) is 9.99. The van der Waals surface area contributed by atoms with Crippen LogP contribution in [0.25, 0.3) is 22.5 Å². The van der Waals surface area contributed by atoms with E-state index < -0.39 is 5.69 Å². The lowest BCUT2D eigenvalue weighted by molar-refractivity contribution is 0.0880. The van der Waals surface area contributed by atoms with Gasteiger partial charge in [-0.25, -0.2) is 9.89 Å². The van der Waals surface area contributed by atoms with Gasteiger partial charge in [-0.2, -0.15) is 0 Å². The molecule has 33 heavy (non-hydrogen) atoms. The highest BCUT2D eigenvalue weighted by atomic mass is 16.2. The quantitative estimate of drug-likeness (QED) is 0.417. The molecule has 4 aromatic rings. The molecule has 4 rings (SSSR count). The molecule has 0 aliphatic heterocycles. The molecule has 9 heteroatoms. The van der Waals surface area contributed by atoms with Gasteiger partial charge in [0.1, 0.15) is 5.82 Å². The third-order valence-electron chi connectivity index (χ3n) is 5.28. The number of nitrogens with one attached hydrogen (secondary N) is 1. The molecule has 168 valence electrons. The zero-order valence-corrected chi connectivity index (χ0v) is 18.6. The van der Waals surface area contributed by atoms with Crippen molar-refractivity contribution < 1.29 is 4.79 Å². The second-order valence-corrected chi connectivity index (χ2v) is 7.64. The fourth-order valence-corrected chi connectivity index (χ4v) is 3.56. The summed E-state index contributed by atoms with van der Waals surface area (Å²) in [5.74, 6) is 0.899. The van der Waals surface area contributed by atoms with Crippen LogP contribution in [-0.2, 0) is 13.0 Å². The van der Waals surface area contributed by atoms with Crippen molar-refractivity contribution in [3.05, 3.63) is 82.6 Å². The summed E-state index contributed by atoms with van der Waals surface area (Å²) in [5, 5.41) is 18.3. The van der Waals surface area contributed by atoms with Gasteiger partial charge < -0.3 is 0 Å². The van der Waals surface area contributed by atoms with Crippen LogP contribution in [0, 0.1) is 0 Å². The molecule has 1 N–H and O–H groups in total. The van der Waals surface area contributed by atoms with Crippen molar-refractivity contribution in [1.82, 2.24) is 35.0 Å². The van der Waals surface area contributed by atoms with Crippen LogP contribution in [0.1, 0.15) is 42.9 Å². The summed E-state index contributed by atoms with van der Waals surface area (Å²) in [7, 11) is 0. The van der Waals surface area contributed by atoms with Crippen molar-refractivity contribution in [3.8, 4) is 22.5 Å². The Morgan fingerprint density at radius 1 is 1.09 bits per heavy atom. The van der Waals surface area contributed by atoms with Gasteiger partial charge in [-0.15, -0.1) is 14.9 Å². The van der Waals surface area contributed by atoms with Crippen LogP contribution in [0.2, 0.25) is 0 Å². The summed E-state index contributed by atoms with van der Waals surface area (Å²) in [5.41, 5.74) is 3.50. The summed E-state index contributed by atoms with van der Waals surface area (Å²) in [4.78, 5) is 25.2. The Hall–Kier alpha value is -4.14. The summed E-state index contributed by atoms with van der Waals surface area (Å²) >= 11 is 0. The van der Waals surface area contributed by atoms with E-state index in [1.165, 1.54) is 0 Å². The molecular formula is C24H25N7O2. The zero-order valence-electron chi connectivity index (χ0n) is 18.6. The number of aromatic nitrogens is 7. The highest BCUT2D eigenvalue weighted by Crippen LogP contribution is 2.24. The number of carbonyl (C=O) groups excluding carboxylic acids is 1. The predicted octanol–water partition coefficient (Wildman–Crippen LogP) is 3.50. The SMILES string of the molecule is C/C=C/Cc1nn(C(=O)CCC)c(=O)n1Cc1ccc(-c2cccc(-c3nnn[nH]3)c2)cc1. The second-order valence-electron chi connectivity index (χ2n) is 7.64. The highest BCUT2D eigenvalue weighted by Gasteiger charge is 2.17. The number of carbonyl (C=O) groups is 1. The van der Waals surface area contributed by atoms with Crippen molar-refractivity contribution in [2.24, 2.45) is 0 Å². The first-order valence-electron chi connectivity index (χ1n) is 10.9. The first-order valence-corrected chi connectivity index (χ1v) is 10.9. The minimum Gasteiger partial charge on any atom is -0.274 e. The Kier molecular flexibility index (Phi) is 6.68. The maximum Gasteiger partial charge on any atom is 0.353 e. The molecule has 0 radical (unpaired) electrons. The average Bonchev–Trinajstić information content (AvgIpc) is 3.48. The predicted molar refractivity (Wildman–Crippen MR) is 125 cm³/mol. The number of benzene rings is 2. The largest absolute Gasteiger partial charge is 0.353 e. The standard InChI is InChI=1S/C24H25N7O2/c1-3-5-10-21-27-31(22(32)7-4-2)24(33)30(21)16-17-11-13-18(14-12-17)19-8-6-9-20(15-19)23-25-28-29-26-23/h3,5-6,8-9,11-15H,4,7,10,16H2,1-2H3,(H,25,26,28,29)/b5-3+. The average molecular weight is 444 g/mol. The van der Waals surface area contributed by atoms with E-state index in [1.54, 1.807) is 4.57 Å².